The monoisotopic (exact) mass is 332 g/mol. The zero-order valence-electron chi connectivity index (χ0n) is 10.1. The summed E-state index contributed by atoms with van der Waals surface area (Å²) in [6, 6.07) is 7.10. The Balaban J connectivity index is 2.02. The van der Waals surface area contributed by atoms with Gasteiger partial charge in [0.15, 0.2) is 0 Å². The van der Waals surface area contributed by atoms with E-state index in [4.69, 9.17) is 10.5 Å². The summed E-state index contributed by atoms with van der Waals surface area (Å²) < 4.78 is 7.56. The van der Waals surface area contributed by atoms with Gasteiger partial charge in [0.2, 0.25) is 11.8 Å². The molecular formula is C12H9BrN6O. The highest BCUT2D eigenvalue weighted by Crippen LogP contribution is 2.30. The van der Waals surface area contributed by atoms with E-state index in [0.717, 1.165) is 0 Å². The summed E-state index contributed by atoms with van der Waals surface area (Å²) >= 11 is 3.30. The fourth-order valence-corrected chi connectivity index (χ4v) is 1.75. The maximum atomic E-state index is 5.84. The highest BCUT2D eigenvalue weighted by molar-refractivity contribution is 9.10. The maximum Gasteiger partial charge on any atom is 0.255 e. The highest BCUT2D eigenvalue weighted by Gasteiger charge is 2.14. The Kier molecular flexibility index (Phi) is 3.30. The number of hydrogen-bond donors (Lipinski definition) is 1. The van der Waals surface area contributed by atoms with Gasteiger partial charge in [-0.2, -0.15) is 15.1 Å². The lowest BCUT2D eigenvalue weighted by Gasteiger charge is -2.09. The number of nitrogens with zero attached hydrogens (tertiary/aromatic N) is 5. The van der Waals surface area contributed by atoms with Crippen molar-refractivity contribution in [2.45, 2.75) is 0 Å². The topological polar surface area (TPSA) is 91.7 Å². The SMILES string of the molecule is Nc1nc(-n2cccn2)nc(Oc2ccccn2)c1Br. The van der Waals surface area contributed by atoms with Crippen molar-refractivity contribution in [2.75, 3.05) is 5.73 Å². The number of aromatic nitrogens is 5. The van der Waals surface area contributed by atoms with E-state index in [-0.39, 0.29) is 11.7 Å². The zero-order valence-corrected chi connectivity index (χ0v) is 11.7. The van der Waals surface area contributed by atoms with Crippen molar-refractivity contribution >= 4 is 21.7 Å². The minimum absolute atomic E-state index is 0.261. The van der Waals surface area contributed by atoms with Crippen molar-refractivity contribution in [1.82, 2.24) is 24.7 Å². The molecular weight excluding hydrogens is 324 g/mol. The number of nitrogen functional groups attached to an aromatic ring is 1. The standard InChI is InChI=1S/C12H9BrN6O/c13-9-10(14)17-12(19-7-3-6-16-19)18-11(9)20-8-4-1-2-5-15-8/h1-7H,(H2,14,17,18). The van der Waals surface area contributed by atoms with Gasteiger partial charge < -0.3 is 10.5 Å². The van der Waals surface area contributed by atoms with Crippen molar-refractivity contribution in [1.29, 1.82) is 0 Å². The van der Waals surface area contributed by atoms with Crippen molar-refractivity contribution in [3.8, 4) is 17.7 Å². The number of pyridine rings is 1. The van der Waals surface area contributed by atoms with E-state index in [0.29, 0.717) is 16.3 Å². The van der Waals surface area contributed by atoms with Gasteiger partial charge >= 0.3 is 0 Å². The fourth-order valence-electron chi connectivity index (χ4n) is 1.49. The van der Waals surface area contributed by atoms with E-state index in [1.165, 1.54) is 4.68 Å². The minimum atomic E-state index is 0.261. The van der Waals surface area contributed by atoms with Gasteiger partial charge in [-0.05, 0) is 28.1 Å². The molecule has 0 aliphatic rings. The average molecular weight is 333 g/mol. The van der Waals surface area contributed by atoms with Gasteiger partial charge in [0.05, 0.1) is 0 Å². The predicted octanol–water partition coefficient (Wildman–Crippen LogP) is 2.19. The number of ether oxygens (including phenoxy) is 1. The summed E-state index contributed by atoms with van der Waals surface area (Å²) in [6.07, 6.45) is 4.97. The van der Waals surface area contributed by atoms with E-state index < -0.39 is 0 Å². The van der Waals surface area contributed by atoms with Crippen LogP contribution in [0.1, 0.15) is 0 Å². The Morgan fingerprint density at radius 2 is 2.05 bits per heavy atom. The Morgan fingerprint density at radius 1 is 1.15 bits per heavy atom. The normalized spacial score (nSPS) is 10.4. The van der Waals surface area contributed by atoms with Crippen LogP contribution in [0.3, 0.4) is 0 Å². The number of rotatable bonds is 3. The van der Waals surface area contributed by atoms with Crippen LogP contribution in [0.2, 0.25) is 0 Å². The van der Waals surface area contributed by atoms with Crippen LogP contribution in [0.4, 0.5) is 5.82 Å². The Labute approximate surface area is 122 Å². The van der Waals surface area contributed by atoms with Crippen LogP contribution in [0, 0.1) is 0 Å². The first-order valence-corrected chi connectivity index (χ1v) is 6.45. The summed E-state index contributed by atoms with van der Waals surface area (Å²) in [5, 5.41) is 4.06. The summed E-state index contributed by atoms with van der Waals surface area (Å²) in [6.45, 7) is 0. The third-order valence-electron chi connectivity index (χ3n) is 2.38. The van der Waals surface area contributed by atoms with Crippen LogP contribution in [-0.4, -0.2) is 24.7 Å². The summed E-state index contributed by atoms with van der Waals surface area (Å²) in [4.78, 5) is 12.5. The van der Waals surface area contributed by atoms with Crippen LogP contribution in [-0.2, 0) is 0 Å². The van der Waals surface area contributed by atoms with E-state index in [2.05, 4.69) is 36.0 Å². The third-order valence-corrected chi connectivity index (χ3v) is 3.13. The van der Waals surface area contributed by atoms with Gasteiger partial charge in [-0.1, -0.05) is 6.07 Å². The second-order valence-corrected chi connectivity index (χ2v) is 4.54. The van der Waals surface area contributed by atoms with Gasteiger partial charge in [0.1, 0.15) is 10.3 Å². The van der Waals surface area contributed by atoms with Crippen LogP contribution < -0.4 is 10.5 Å². The predicted molar refractivity (Wildman–Crippen MR) is 75.6 cm³/mol. The van der Waals surface area contributed by atoms with Crippen molar-refractivity contribution < 1.29 is 4.74 Å². The lowest BCUT2D eigenvalue weighted by atomic mass is 10.5. The number of hydrogen-bond acceptors (Lipinski definition) is 6. The number of halogens is 1. The van der Waals surface area contributed by atoms with Crippen LogP contribution in [0.5, 0.6) is 11.8 Å². The van der Waals surface area contributed by atoms with Crippen LogP contribution in [0.25, 0.3) is 5.95 Å². The molecule has 0 saturated heterocycles. The van der Waals surface area contributed by atoms with E-state index in [1.807, 2.05) is 6.07 Å². The van der Waals surface area contributed by atoms with Gasteiger partial charge in [-0.25, -0.2) is 9.67 Å². The third kappa shape index (κ3) is 2.45. The lowest BCUT2D eigenvalue weighted by molar-refractivity contribution is 0.439. The molecule has 0 bridgehead atoms. The highest BCUT2D eigenvalue weighted by atomic mass is 79.9. The minimum Gasteiger partial charge on any atom is -0.419 e. The van der Waals surface area contributed by atoms with Crippen LogP contribution >= 0.6 is 15.9 Å². The van der Waals surface area contributed by atoms with E-state index in [9.17, 15) is 0 Å². The number of nitrogens with two attached hydrogens (primary N) is 1. The number of anilines is 1. The molecule has 0 saturated carbocycles. The first kappa shape index (κ1) is 12.5. The molecule has 0 atom stereocenters. The molecule has 20 heavy (non-hydrogen) atoms. The molecule has 0 fully saturated rings. The maximum absolute atomic E-state index is 5.84. The molecule has 3 aromatic heterocycles. The molecule has 3 aromatic rings. The van der Waals surface area contributed by atoms with Crippen LogP contribution in [0.15, 0.2) is 47.3 Å². The molecule has 3 rings (SSSR count). The molecule has 0 amide bonds. The Bertz CT molecular complexity index is 716. The first-order valence-electron chi connectivity index (χ1n) is 5.66. The molecule has 2 N–H and O–H groups in total. The second kappa shape index (κ2) is 5.25. The van der Waals surface area contributed by atoms with Gasteiger partial charge in [0.25, 0.3) is 5.95 Å². The molecule has 0 aliphatic carbocycles. The molecule has 100 valence electrons. The smallest absolute Gasteiger partial charge is 0.255 e. The van der Waals surface area contributed by atoms with Gasteiger partial charge in [-0.15, -0.1) is 0 Å². The molecule has 0 spiro atoms. The molecule has 0 radical (unpaired) electrons. The summed E-state index contributed by atoms with van der Waals surface area (Å²) in [5.74, 6) is 1.28. The second-order valence-electron chi connectivity index (χ2n) is 3.75. The lowest BCUT2D eigenvalue weighted by Crippen LogP contribution is -2.06. The van der Waals surface area contributed by atoms with Crippen molar-refractivity contribution in [2.24, 2.45) is 0 Å². The molecule has 0 aliphatic heterocycles. The van der Waals surface area contributed by atoms with Gasteiger partial charge in [0, 0.05) is 24.7 Å². The molecule has 0 unspecified atom stereocenters. The van der Waals surface area contributed by atoms with Crippen molar-refractivity contribution in [3.63, 3.8) is 0 Å². The zero-order chi connectivity index (χ0) is 13.9. The molecule has 7 nitrogen and oxygen atoms in total. The summed E-state index contributed by atoms with van der Waals surface area (Å²) in [5.41, 5.74) is 5.84. The fraction of sp³-hybridized carbons (Fsp3) is 0. The Morgan fingerprint density at radius 3 is 2.75 bits per heavy atom. The summed E-state index contributed by atoms with van der Waals surface area (Å²) in [7, 11) is 0. The van der Waals surface area contributed by atoms with E-state index >= 15 is 0 Å². The average Bonchev–Trinajstić information content (AvgIpc) is 2.99. The van der Waals surface area contributed by atoms with Gasteiger partial charge in [-0.3, -0.25) is 0 Å². The largest absolute Gasteiger partial charge is 0.419 e. The van der Waals surface area contributed by atoms with E-state index in [1.54, 1.807) is 36.8 Å². The molecule has 3 heterocycles. The van der Waals surface area contributed by atoms with Crippen molar-refractivity contribution in [3.05, 3.63) is 47.3 Å². The first-order chi connectivity index (χ1) is 9.74. The Hall–Kier alpha value is -2.48. The quantitative estimate of drug-likeness (QED) is 0.790. The molecule has 8 heteroatoms. The molecule has 0 aromatic carbocycles.